The molecule has 1 amide bonds. The van der Waals surface area contributed by atoms with Gasteiger partial charge in [-0.2, -0.15) is 0 Å². The van der Waals surface area contributed by atoms with Crippen molar-refractivity contribution in [2.24, 2.45) is 5.73 Å². The molecule has 0 spiro atoms. The Morgan fingerprint density at radius 1 is 1.50 bits per heavy atom. The minimum absolute atomic E-state index is 0.273. The van der Waals surface area contributed by atoms with Gasteiger partial charge < -0.3 is 5.73 Å². The molecule has 3 nitrogen and oxygen atoms in total. The lowest BCUT2D eigenvalue weighted by molar-refractivity contribution is -0.119. The van der Waals surface area contributed by atoms with Crippen molar-refractivity contribution in [2.75, 3.05) is 19.6 Å². The van der Waals surface area contributed by atoms with E-state index in [-0.39, 0.29) is 5.91 Å². The number of carbonyl (C=O) groups excluding carboxylic acids is 1. The Hall–Kier alpha value is -0.830. The van der Waals surface area contributed by atoms with Crippen LogP contribution in [0.1, 0.15) is 20.3 Å². The fraction of sp³-hybridized carbons (Fsp3) is 0.667. The van der Waals surface area contributed by atoms with Crippen molar-refractivity contribution in [1.29, 1.82) is 0 Å². The Bertz CT molecular complexity index is 150. The molecule has 0 bridgehead atoms. The molecule has 70 valence electrons. The summed E-state index contributed by atoms with van der Waals surface area (Å²) in [7, 11) is 0. The smallest absolute Gasteiger partial charge is 0.231 e. The lowest BCUT2D eigenvalue weighted by Crippen LogP contribution is -2.35. The number of hydrogen-bond donors (Lipinski definition) is 1. The standard InChI is InChI=1S/C9H18N2O/c1-4-5-11(6-8(2)3)7-9(10)12/h2,4-7H2,1,3H3,(H2,10,12). The highest BCUT2D eigenvalue weighted by Gasteiger charge is 2.06. The number of nitrogens with two attached hydrogens (primary N) is 1. The highest BCUT2D eigenvalue weighted by molar-refractivity contribution is 5.75. The molecule has 0 unspecified atom stereocenters. The van der Waals surface area contributed by atoms with E-state index >= 15 is 0 Å². The van der Waals surface area contributed by atoms with E-state index in [1.54, 1.807) is 0 Å². The van der Waals surface area contributed by atoms with Crippen LogP contribution >= 0.6 is 0 Å². The van der Waals surface area contributed by atoms with E-state index in [1.165, 1.54) is 0 Å². The minimum Gasteiger partial charge on any atom is -0.369 e. The molecule has 0 fully saturated rings. The van der Waals surface area contributed by atoms with Gasteiger partial charge in [-0.3, -0.25) is 9.69 Å². The van der Waals surface area contributed by atoms with Crippen LogP contribution in [-0.4, -0.2) is 30.4 Å². The molecule has 0 aliphatic rings. The van der Waals surface area contributed by atoms with Crippen molar-refractivity contribution < 1.29 is 4.79 Å². The second-order valence-electron chi connectivity index (χ2n) is 3.13. The molecule has 12 heavy (non-hydrogen) atoms. The van der Waals surface area contributed by atoms with Gasteiger partial charge >= 0.3 is 0 Å². The lowest BCUT2D eigenvalue weighted by atomic mass is 10.3. The largest absolute Gasteiger partial charge is 0.369 e. The number of amides is 1. The summed E-state index contributed by atoms with van der Waals surface area (Å²) in [6, 6.07) is 0. The van der Waals surface area contributed by atoms with Crippen LogP contribution in [0.5, 0.6) is 0 Å². The van der Waals surface area contributed by atoms with Gasteiger partial charge in [0.05, 0.1) is 6.54 Å². The second kappa shape index (κ2) is 5.77. The molecule has 0 saturated carbocycles. The summed E-state index contributed by atoms with van der Waals surface area (Å²) >= 11 is 0. The van der Waals surface area contributed by atoms with E-state index < -0.39 is 0 Å². The van der Waals surface area contributed by atoms with Crippen molar-refractivity contribution in [1.82, 2.24) is 4.90 Å². The van der Waals surface area contributed by atoms with Crippen LogP contribution in [-0.2, 0) is 4.79 Å². The van der Waals surface area contributed by atoms with Gasteiger partial charge in [0.15, 0.2) is 0 Å². The van der Waals surface area contributed by atoms with Gasteiger partial charge in [-0.25, -0.2) is 0 Å². The third kappa shape index (κ3) is 5.92. The lowest BCUT2D eigenvalue weighted by Gasteiger charge is -2.19. The SMILES string of the molecule is C=C(C)CN(CCC)CC(N)=O. The number of rotatable bonds is 6. The topological polar surface area (TPSA) is 46.3 Å². The van der Waals surface area contributed by atoms with Crippen molar-refractivity contribution in [3.63, 3.8) is 0 Å². The molecular weight excluding hydrogens is 152 g/mol. The summed E-state index contributed by atoms with van der Waals surface area (Å²) < 4.78 is 0. The number of nitrogens with zero attached hydrogens (tertiary/aromatic N) is 1. The van der Waals surface area contributed by atoms with Crippen LogP contribution in [0.3, 0.4) is 0 Å². The number of primary amides is 1. The molecule has 0 aromatic heterocycles. The van der Waals surface area contributed by atoms with Crippen LogP contribution in [0, 0.1) is 0 Å². The summed E-state index contributed by atoms with van der Waals surface area (Å²) in [6.45, 7) is 9.81. The van der Waals surface area contributed by atoms with Gasteiger partial charge in [-0.05, 0) is 19.9 Å². The average molecular weight is 170 g/mol. The van der Waals surface area contributed by atoms with Gasteiger partial charge in [-0.1, -0.05) is 19.1 Å². The molecule has 2 N–H and O–H groups in total. The number of hydrogen-bond acceptors (Lipinski definition) is 2. The molecule has 0 aromatic rings. The third-order valence-corrected chi connectivity index (χ3v) is 1.41. The summed E-state index contributed by atoms with van der Waals surface area (Å²) in [5, 5.41) is 0. The first-order chi connectivity index (χ1) is 5.56. The third-order valence-electron chi connectivity index (χ3n) is 1.41. The summed E-state index contributed by atoms with van der Waals surface area (Å²) in [5.41, 5.74) is 6.15. The maximum Gasteiger partial charge on any atom is 0.231 e. The maximum absolute atomic E-state index is 10.6. The van der Waals surface area contributed by atoms with Crippen molar-refractivity contribution >= 4 is 5.91 Å². The summed E-state index contributed by atoms with van der Waals surface area (Å²) in [6.07, 6.45) is 1.03. The Morgan fingerprint density at radius 3 is 2.42 bits per heavy atom. The first-order valence-electron chi connectivity index (χ1n) is 4.21. The van der Waals surface area contributed by atoms with Crippen molar-refractivity contribution in [3.05, 3.63) is 12.2 Å². The minimum atomic E-state index is -0.273. The Kier molecular flexibility index (Phi) is 5.37. The van der Waals surface area contributed by atoms with E-state index in [0.717, 1.165) is 25.1 Å². The first kappa shape index (κ1) is 11.2. The molecule has 0 saturated heterocycles. The van der Waals surface area contributed by atoms with E-state index in [1.807, 2.05) is 11.8 Å². The fourth-order valence-electron chi connectivity index (χ4n) is 1.13. The highest BCUT2D eigenvalue weighted by atomic mass is 16.1. The number of carbonyl (C=O) groups is 1. The van der Waals surface area contributed by atoms with Crippen LogP contribution in [0.2, 0.25) is 0 Å². The van der Waals surface area contributed by atoms with Gasteiger partial charge in [0.25, 0.3) is 0 Å². The zero-order valence-electron chi connectivity index (χ0n) is 7.97. The predicted octanol–water partition coefficient (Wildman–Crippen LogP) is 0.760. The molecule has 0 aliphatic heterocycles. The predicted molar refractivity (Wildman–Crippen MR) is 50.7 cm³/mol. The Morgan fingerprint density at radius 2 is 2.08 bits per heavy atom. The second-order valence-corrected chi connectivity index (χ2v) is 3.13. The van der Waals surface area contributed by atoms with Gasteiger partial charge in [0.2, 0.25) is 5.91 Å². The normalized spacial score (nSPS) is 10.2. The van der Waals surface area contributed by atoms with Crippen LogP contribution in [0.25, 0.3) is 0 Å². The monoisotopic (exact) mass is 170 g/mol. The average Bonchev–Trinajstić information content (AvgIpc) is 1.84. The Balaban J connectivity index is 3.85. The van der Waals surface area contributed by atoms with Crippen molar-refractivity contribution in [3.8, 4) is 0 Å². The molecule has 0 atom stereocenters. The molecular formula is C9H18N2O. The van der Waals surface area contributed by atoms with E-state index in [4.69, 9.17) is 5.73 Å². The summed E-state index contributed by atoms with van der Waals surface area (Å²) in [5.74, 6) is -0.273. The molecule has 0 radical (unpaired) electrons. The van der Waals surface area contributed by atoms with Crippen LogP contribution in [0.4, 0.5) is 0 Å². The van der Waals surface area contributed by atoms with Crippen molar-refractivity contribution in [2.45, 2.75) is 20.3 Å². The Labute approximate surface area is 74.2 Å². The van der Waals surface area contributed by atoms with Gasteiger partial charge in [0, 0.05) is 6.54 Å². The van der Waals surface area contributed by atoms with E-state index in [0.29, 0.717) is 6.54 Å². The van der Waals surface area contributed by atoms with Crippen LogP contribution in [0.15, 0.2) is 12.2 Å². The first-order valence-corrected chi connectivity index (χ1v) is 4.21. The molecule has 0 heterocycles. The van der Waals surface area contributed by atoms with Crippen LogP contribution < -0.4 is 5.73 Å². The van der Waals surface area contributed by atoms with E-state index in [9.17, 15) is 4.79 Å². The van der Waals surface area contributed by atoms with Gasteiger partial charge in [0.1, 0.15) is 0 Å². The molecule has 0 aromatic carbocycles. The highest BCUT2D eigenvalue weighted by Crippen LogP contribution is 1.96. The van der Waals surface area contributed by atoms with E-state index in [2.05, 4.69) is 13.5 Å². The molecule has 0 rings (SSSR count). The van der Waals surface area contributed by atoms with Gasteiger partial charge in [-0.15, -0.1) is 0 Å². The molecule has 0 aliphatic carbocycles. The zero-order chi connectivity index (χ0) is 9.56. The summed E-state index contributed by atoms with van der Waals surface area (Å²) in [4.78, 5) is 12.6. The zero-order valence-corrected chi connectivity index (χ0v) is 7.97. The fourth-order valence-corrected chi connectivity index (χ4v) is 1.13. The quantitative estimate of drug-likeness (QED) is 0.598. The maximum atomic E-state index is 10.6. The molecule has 3 heteroatoms.